The van der Waals surface area contributed by atoms with Crippen LogP contribution in [-0.4, -0.2) is 15.9 Å². The molecule has 0 unspecified atom stereocenters. The average Bonchev–Trinajstić information content (AvgIpc) is 3.03. The normalized spacial score (nSPS) is 10.5. The highest BCUT2D eigenvalue weighted by Gasteiger charge is 2.14. The van der Waals surface area contributed by atoms with Gasteiger partial charge in [-0.25, -0.2) is 14.8 Å². The third-order valence-electron chi connectivity index (χ3n) is 2.99. The van der Waals surface area contributed by atoms with Gasteiger partial charge in [0.25, 0.3) is 0 Å². The first-order chi connectivity index (χ1) is 11.1. The minimum absolute atomic E-state index is 0.0896. The molecule has 7 heteroatoms. The van der Waals surface area contributed by atoms with Gasteiger partial charge in [0.15, 0.2) is 12.4 Å². The number of hydrogen-bond donors (Lipinski definition) is 0. The van der Waals surface area contributed by atoms with Crippen molar-refractivity contribution in [2.45, 2.75) is 6.61 Å². The highest BCUT2D eigenvalue weighted by Crippen LogP contribution is 2.23. The van der Waals surface area contributed by atoms with E-state index < -0.39 is 5.97 Å². The Morgan fingerprint density at radius 1 is 1.13 bits per heavy atom. The molecule has 0 aliphatic heterocycles. The van der Waals surface area contributed by atoms with Gasteiger partial charge in [-0.2, -0.15) is 0 Å². The molecule has 0 amide bonds. The fourth-order valence-electron chi connectivity index (χ4n) is 1.87. The summed E-state index contributed by atoms with van der Waals surface area (Å²) in [5.74, 6) is 0.254. The number of benzene rings is 1. The Morgan fingerprint density at radius 2 is 1.91 bits per heavy atom. The van der Waals surface area contributed by atoms with Crippen LogP contribution in [0.25, 0.3) is 11.3 Å². The van der Waals surface area contributed by atoms with Gasteiger partial charge in [0.05, 0.1) is 11.8 Å². The predicted octanol–water partition coefficient (Wildman–Crippen LogP) is 4.40. The van der Waals surface area contributed by atoms with Crippen molar-refractivity contribution in [1.29, 1.82) is 0 Å². The van der Waals surface area contributed by atoms with E-state index >= 15 is 0 Å². The number of esters is 1. The van der Waals surface area contributed by atoms with Crippen LogP contribution in [0.1, 0.15) is 16.2 Å². The van der Waals surface area contributed by atoms with Crippen molar-refractivity contribution in [2.75, 3.05) is 0 Å². The SMILES string of the molecule is O=C(OCc1ncc(-c2ccc(Cl)cc2)o1)c1cccnc1Cl. The second-order valence-corrected chi connectivity index (χ2v) is 5.34. The molecule has 0 saturated heterocycles. The molecule has 0 aliphatic rings. The maximum absolute atomic E-state index is 11.9. The lowest BCUT2D eigenvalue weighted by Crippen LogP contribution is -2.06. The average molecular weight is 349 g/mol. The lowest BCUT2D eigenvalue weighted by Gasteiger charge is -2.03. The molecule has 2 aromatic heterocycles. The number of rotatable bonds is 4. The topological polar surface area (TPSA) is 65.2 Å². The van der Waals surface area contributed by atoms with Crippen LogP contribution in [0.4, 0.5) is 0 Å². The molecule has 116 valence electrons. The van der Waals surface area contributed by atoms with Crippen molar-refractivity contribution in [1.82, 2.24) is 9.97 Å². The summed E-state index contributed by atoms with van der Waals surface area (Å²) in [6.45, 7) is -0.0996. The van der Waals surface area contributed by atoms with Crippen LogP contribution >= 0.6 is 23.2 Å². The molecule has 23 heavy (non-hydrogen) atoms. The summed E-state index contributed by atoms with van der Waals surface area (Å²) in [6.07, 6.45) is 3.05. The molecular formula is C16H10Cl2N2O3. The van der Waals surface area contributed by atoms with Crippen molar-refractivity contribution in [3.05, 3.63) is 70.4 Å². The summed E-state index contributed by atoms with van der Waals surface area (Å²) in [6, 6.07) is 10.3. The van der Waals surface area contributed by atoms with Crippen molar-refractivity contribution >= 4 is 29.2 Å². The number of carbonyl (C=O) groups is 1. The van der Waals surface area contributed by atoms with E-state index in [1.165, 1.54) is 12.3 Å². The molecule has 0 fully saturated rings. The summed E-state index contributed by atoms with van der Waals surface area (Å²) in [5.41, 5.74) is 1.02. The molecule has 0 atom stereocenters. The van der Waals surface area contributed by atoms with E-state index in [1.54, 1.807) is 24.4 Å². The number of carbonyl (C=O) groups excluding carboxylic acids is 1. The zero-order chi connectivity index (χ0) is 16.2. The number of hydrogen-bond acceptors (Lipinski definition) is 5. The maximum Gasteiger partial charge on any atom is 0.341 e. The lowest BCUT2D eigenvalue weighted by atomic mass is 10.2. The van der Waals surface area contributed by atoms with Crippen molar-refractivity contribution in [3.8, 4) is 11.3 Å². The molecule has 0 N–H and O–H groups in total. The number of oxazole rings is 1. The molecule has 0 spiro atoms. The second kappa shape index (κ2) is 6.81. The third kappa shape index (κ3) is 3.70. The predicted molar refractivity (Wildman–Crippen MR) is 85.3 cm³/mol. The van der Waals surface area contributed by atoms with Crippen LogP contribution in [0.3, 0.4) is 0 Å². The van der Waals surface area contributed by atoms with Gasteiger partial charge in [-0.3, -0.25) is 0 Å². The van der Waals surface area contributed by atoms with Crippen LogP contribution in [0.2, 0.25) is 10.2 Å². The van der Waals surface area contributed by atoms with Crippen LogP contribution in [0.15, 0.2) is 53.2 Å². The Hall–Kier alpha value is -2.37. The van der Waals surface area contributed by atoms with Gasteiger partial charge < -0.3 is 9.15 Å². The molecule has 3 aromatic rings. The number of halogens is 2. The highest BCUT2D eigenvalue weighted by molar-refractivity contribution is 6.32. The zero-order valence-corrected chi connectivity index (χ0v) is 13.2. The van der Waals surface area contributed by atoms with Crippen molar-refractivity contribution in [3.63, 3.8) is 0 Å². The van der Waals surface area contributed by atoms with E-state index in [2.05, 4.69) is 9.97 Å². The zero-order valence-electron chi connectivity index (χ0n) is 11.7. The first-order valence-corrected chi connectivity index (χ1v) is 7.37. The van der Waals surface area contributed by atoms with E-state index in [0.717, 1.165) is 5.56 Å². The molecule has 2 heterocycles. The summed E-state index contributed by atoms with van der Waals surface area (Å²) in [4.78, 5) is 19.8. The molecule has 0 saturated carbocycles. The first kappa shape index (κ1) is 15.5. The van der Waals surface area contributed by atoms with Gasteiger partial charge in [0, 0.05) is 16.8 Å². The highest BCUT2D eigenvalue weighted by atomic mass is 35.5. The number of pyridine rings is 1. The molecular weight excluding hydrogens is 339 g/mol. The summed E-state index contributed by atoms with van der Waals surface area (Å²) in [5, 5.41) is 0.725. The molecule has 0 aliphatic carbocycles. The minimum atomic E-state index is -0.589. The fraction of sp³-hybridized carbons (Fsp3) is 0.0625. The minimum Gasteiger partial charge on any atom is -0.452 e. The standard InChI is InChI=1S/C16H10Cl2N2O3/c17-11-5-3-10(4-6-11)13-8-20-14(23-13)9-22-16(21)12-2-1-7-19-15(12)18/h1-8H,9H2. The van der Waals surface area contributed by atoms with Crippen LogP contribution in [0, 0.1) is 0 Å². The quantitative estimate of drug-likeness (QED) is 0.516. The van der Waals surface area contributed by atoms with Gasteiger partial charge in [-0.1, -0.05) is 23.2 Å². The maximum atomic E-state index is 11.9. The molecule has 0 bridgehead atoms. The van der Waals surface area contributed by atoms with Crippen LogP contribution < -0.4 is 0 Å². The summed E-state index contributed by atoms with van der Waals surface area (Å²) in [7, 11) is 0. The van der Waals surface area contributed by atoms with Gasteiger partial charge in [0.2, 0.25) is 5.89 Å². The van der Waals surface area contributed by atoms with Crippen molar-refractivity contribution in [2.24, 2.45) is 0 Å². The second-order valence-electron chi connectivity index (χ2n) is 4.54. The van der Waals surface area contributed by atoms with Gasteiger partial charge in [-0.15, -0.1) is 0 Å². The molecule has 1 aromatic carbocycles. The summed E-state index contributed by atoms with van der Waals surface area (Å²) < 4.78 is 10.7. The Labute approximate surface area is 141 Å². The monoisotopic (exact) mass is 348 g/mol. The largest absolute Gasteiger partial charge is 0.452 e. The third-order valence-corrected chi connectivity index (χ3v) is 3.54. The lowest BCUT2D eigenvalue weighted by molar-refractivity contribution is 0.0438. The Bertz CT molecular complexity index is 831. The Kier molecular flexibility index (Phi) is 4.60. The van der Waals surface area contributed by atoms with Crippen LogP contribution in [0.5, 0.6) is 0 Å². The van der Waals surface area contributed by atoms with E-state index in [9.17, 15) is 4.79 Å². The molecule has 3 rings (SSSR count). The molecule has 0 radical (unpaired) electrons. The number of ether oxygens (including phenoxy) is 1. The van der Waals surface area contributed by atoms with E-state index in [1.807, 2.05) is 12.1 Å². The number of nitrogens with zero attached hydrogens (tertiary/aromatic N) is 2. The van der Waals surface area contributed by atoms with Gasteiger partial charge >= 0.3 is 5.97 Å². The fourth-order valence-corrected chi connectivity index (χ4v) is 2.19. The van der Waals surface area contributed by atoms with E-state index in [0.29, 0.717) is 10.8 Å². The van der Waals surface area contributed by atoms with Gasteiger partial charge in [0.1, 0.15) is 5.15 Å². The first-order valence-electron chi connectivity index (χ1n) is 6.62. The van der Waals surface area contributed by atoms with E-state index in [4.69, 9.17) is 32.4 Å². The Balaban J connectivity index is 1.67. The number of aromatic nitrogens is 2. The van der Waals surface area contributed by atoms with Crippen LogP contribution in [-0.2, 0) is 11.3 Å². The van der Waals surface area contributed by atoms with Gasteiger partial charge in [-0.05, 0) is 36.4 Å². The summed E-state index contributed by atoms with van der Waals surface area (Å²) >= 11 is 11.7. The van der Waals surface area contributed by atoms with E-state index in [-0.39, 0.29) is 23.2 Å². The smallest absolute Gasteiger partial charge is 0.341 e. The Morgan fingerprint density at radius 3 is 2.65 bits per heavy atom. The van der Waals surface area contributed by atoms with Crippen molar-refractivity contribution < 1.29 is 13.9 Å². The molecule has 5 nitrogen and oxygen atoms in total.